The molecule has 1 aliphatic heterocycles. The van der Waals surface area contributed by atoms with E-state index in [1.807, 2.05) is 12.1 Å². The van der Waals surface area contributed by atoms with Gasteiger partial charge in [0.05, 0.1) is 13.0 Å². The van der Waals surface area contributed by atoms with E-state index in [9.17, 15) is 4.79 Å². The van der Waals surface area contributed by atoms with Crippen LogP contribution in [0.3, 0.4) is 0 Å². The first-order chi connectivity index (χ1) is 13.2. The van der Waals surface area contributed by atoms with Crippen molar-refractivity contribution in [1.82, 2.24) is 4.90 Å². The van der Waals surface area contributed by atoms with Gasteiger partial charge in [-0.2, -0.15) is 0 Å². The lowest BCUT2D eigenvalue weighted by molar-refractivity contribution is -0.137. The van der Waals surface area contributed by atoms with Crippen LogP contribution in [0.25, 0.3) is 0 Å². The van der Waals surface area contributed by atoms with Crippen LogP contribution in [0.2, 0.25) is 0 Å². The van der Waals surface area contributed by atoms with Crippen molar-refractivity contribution in [3.05, 3.63) is 65.7 Å². The van der Waals surface area contributed by atoms with Gasteiger partial charge in [-0.15, -0.1) is 0 Å². The number of nitrogens with zero attached hydrogens (tertiary/aromatic N) is 1. The molecule has 1 N–H and O–H groups in total. The fourth-order valence-corrected chi connectivity index (χ4v) is 3.55. The molecule has 2 aromatic rings. The zero-order chi connectivity index (χ0) is 18.9. The molecule has 1 aliphatic rings. The zero-order valence-electron chi connectivity index (χ0n) is 15.8. The minimum Gasteiger partial charge on any atom is -0.494 e. The van der Waals surface area contributed by atoms with Crippen LogP contribution in [0, 0.1) is 0 Å². The Bertz CT molecular complexity index is 699. The van der Waals surface area contributed by atoms with Gasteiger partial charge in [-0.3, -0.25) is 9.69 Å². The lowest BCUT2D eigenvalue weighted by atomic mass is 9.94. The highest BCUT2D eigenvalue weighted by Gasteiger charge is 2.29. The second kappa shape index (κ2) is 10.1. The van der Waals surface area contributed by atoms with Gasteiger partial charge in [-0.05, 0) is 55.4 Å². The third-order valence-corrected chi connectivity index (χ3v) is 5.23. The number of carboxylic acid groups (broad SMARTS) is 1. The van der Waals surface area contributed by atoms with E-state index in [2.05, 4.69) is 47.4 Å². The number of aliphatic carboxylic acids is 1. The maximum Gasteiger partial charge on any atom is 0.304 e. The lowest BCUT2D eigenvalue weighted by Gasteiger charge is -2.41. The molecule has 0 saturated carbocycles. The molecule has 1 saturated heterocycles. The van der Waals surface area contributed by atoms with Crippen LogP contribution < -0.4 is 4.74 Å². The van der Waals surface area contributed by atoms with Gasteiger partial charge in [0, 0.05) is 19.1 Å². The number of ether oxygens (including phenoxy) is 1. The maximum atomic E-state index is 10.7. The fourth-order valence-electron chi connectivity index (χ4n) is 3.55. The van der Waals surface area contributed by atoms with Crippen molar-refractivity contribution in [3.63, 3.8) is 0 Å². The van der Waals surface area contributed by atoms with Gasteiger partial charge in [-0.1, -0.05) is 42.5 Å². The van der Waals surface area contributed by atoms with E-state index in [4.69, 9.17) is 9.84 Å². The normalized spacial score (nSPS) is 16.7. The van der Waals surface area contributed by atoms with Crippen molar-refractivity contribution < 1.29 is 14.6 Å². The first kappa shape index (κ1) is 19.4. The molecule has 4 nitrogen and oxygen atoms in total. The number of hydrogen-bond acceptors (Lipinski definition) is 3. The Morgan fingerprint density at radius 1 is 1.04 bits per heavy atom. The van der Waals surface area contributed by atoms with E-state index in [1.54, 1.807) is 0 Å². The molecular formula is C23H29NO3. The second-order valence-corrected chi connectivity index (χ2v) is 7.20. The molecule has 144 valence electrons. The van der Waals surface area contributed by atoms with Crippen LogP contribution in [-0.2, 0) is 11.2 Å². The van der Waals surface area contributed by atoms with Gasteiger partial charge in [0.2, 0.25) is 0 Å². The van der Waals surface area contributed by atoms with Crippen molar-refractivity contribution >= 4 is 5.97 Å². The standard InChI is InChI=1S/C23H29NO3/c25-23(26)15-17-24-16-14-22(24)20-10-12-21(13-11-20)27-18-6-2-5-9-19-7-3-1-4-8-19/h1,3-4,7-8,10-13,22H,2,5-6,9,14-18H2,(H,25,26). The Kier molecular flexibility index (Phi) is 7.28. The summed E-state index contributed by atoms with van der Waals surface area (Å²) in [5.41, 5.74) is 2.66. The fraction of sp³-hybridized carbons (Fsp3) is 0.435. The number of carboxylic acids is 1. The number of carbonyl (C=O) groups is 1. The summed E-state index contributed by atoms with van der Waals surface area (Å²) in [7, 11) is 0. The number of benzene rings is 2. The van der Waals surface area contributed by atoms with E-state index in [0.29, 0.717) is 12.6 Å². The van der Waals surface area contributed by atoms with Crippen LogP contribution >= 0.6 is 0 Å². The van der Waals surface area contributed by atoms with Gasteiger partial charge in [-0.25, -0.2) is 0 Å². The van der Waals surface area contributed by atoms with Gasteiger partial charge in [0.15, 0.2) is 0 Å². The van der Waals surface area contributed by atoms with E-state index >= 15 is 0 Å². The third-order valence-electron chi connectivity index (χ3n) is 5.23. The molecule has 27 heavy (non-hydrogen) atoms. The predicted octanol–water partition coefficient (Wildman–Crippen LogP) is 4.70. The van der Waals surface area contributed by atoms with Crippen molar-refractivity contribution in [3.8, 4) is 5.75 Å². The Morgan fingerprint density at radius 3 is 2.48 bits per heavy atom. The molecule has 0 bridgehead atoms. The summed E-state index contributed by atoms with van der Waals surface area (Å²) >= 11 is 0. The van der Waals surface area contributed by atoms with Crippen LogP contribution in [0.4, 0.5) is 0 Å². The number of rotatable bonds is 11. The zero-order valence-corrected chi connectivity index (χ0v) is 15.8. The van der Waals surface area contributed by atoms with E-state index < -0.39 is 5.97 Å². The predicted molar refractivity (Wildman–Crippen MR) is 107 cm³/mol. The molecule has 0 aromatic heterocycles. The molecule has 1 fully saturated rings. The highest BCUT2D eigenvalue weighted by molar-refractivity contribution is 5.66. The SMILES string of the molecule is O=C(O)CCN1CCC1c1ccc(OCCCCCc2ccccc2)cc1. The van der Waals surface area contributed by atoms with Crippen molar-refractivity contribution in [2.75, 3.05) is 19.7 Å². The summed E-state index contributed by atoms with van der Waals surface area (Å²) in [5, 5.41) is 8.83. The Labute approximate surface area is 161 Å². The number of aryl methyl sites for hydroxylation is 1. The summed E-state index contributed by atoms with van der Waals surface area (Å²) in [5.74, 6) is 0.186. The Morgan fingerprint density at radius 2 is 1.81 bits per heavy atom. The monoisotopic (exact) mass is 367 g/mol. The molecular weight excluding hydrogens is 338 g/mol. The first-order valence-corrected chi connectivity index (χ1v) is 9.95. The summed E-state index contributed by atoms with van der Waals surface area (Å²) < 4.78 is 5.86. The smallest absolute Gasteiger partial charge is 0.304 e. The largest absolute Gasteiger partial charge is 0.494 e. The first-order valence-electron chi connectivity index (χ1n) is 9.95. The van der Waals surface area contributed by atoms with E-state index in [1.165, 1.54) is 24.0 Å². The van der Waals surface area contributed by atoms with Crippen molar-refractivity contribution in [1.29, 1.82) is 0 Å². The minimum atomic E-state index is -0.729. The van der Waals surface area contributed by atoms with Gasteiger partial charge in [0.1, 0.15) is 5.75 Å². The summed E-state index contributed by atoms with van der Waals surface area (Å²) in [6, 6.07) is 19.3. The van der Waals surface area contributed by atoms with Crippen molar-refractivity contribution in [2.24, 2.45) is 0 Å². The summed E-state index contributed by atoms with van der Waals surface area (Å²) in [6.07, 6.45) is 5.88. The maximum absolute atomic E-state index is 10.7. The molecule has 2 aromatic carbocycles. The molecule has 1 unspecified atom stereocenters. The molecule has 1 heterocycles. The molecule has 3 rings (SSSR count). The second-order valence-electron chi connectivity index (χ2n) is 7.20. The number of hydrogen-bond donors (Lipinski definition) is 1. The highest BCUT2D eigenvalue weighted by Crippen LogP contribution is 2.33. The Hall–Kier alpha value is -2.33. The van der Waals surface area contributed by atoms with Gasteiger partial charge < -0.3 is 9.84 Å². The highest BCUT2D eigenvalue weighted by atomic mass is 16.5. The van der Waals surface area contributed by atoms with Crippen molar-refractivity contribution in [2.45, 2.75) is 44.6 Å². The van der Waals surface area contributed by atoms with Crippen LogP contribution in [-0.4, -0.2) is 35.7 Å². The topological polar surface area (TPSA) is 49.8 Å². The number of unbranched alkanes of at least 4 members (excludes halogenated alkanes) is 2. The molecule has 0 spiro atoms. The van der Waals surface area contributed by atoms with Gasteiger partial charge in [0.25, 0.3) is 0 Å². The number of likely N-dealkylation sites (tertiary alicyclic amines) is 1. The van der Waals surface area contributed by atoms with Gasteiger partial charge >= 0.3 is 5.97 Å². The van der Waals surface area contributed by atoms with Crippen LogP contribution in [0.5, 0.6) is 5.75 Å². The average Bonchev–Trinajstić information content (AvgIpc) is 2.65. The average molecular weight is 367 g/mol. The summed E-state index contributed by atoms with van der Waals surface area (Å²) in [6.45, 7) is 2.36. The van der Waals surface area contributed by atoms with Crippen LogP contribution in [0.1, 0.15) is 49.3 Å². The Balaban J connectivity index is 1.33. The molecule has 0 aliphatic carbocycles. The van der Waals surface area contributed by atoms with E-state index in [-0.39, 0.29) is 6.42 Å². The third kappa shape index (κ3) is 6.10. The molecule has 1 atom stereocenters. The lowest BCUT2D eigenvalue weighted by Crippen LogP contribution is -2.41. The molecule has 0 radical (unpaired) electrons. The molecule has 0 amide bonds. The quantitative estimate of drug-likeness (QED) is 0.585. The van der Waals surface area contributed by atoms with Crippen LogP contribution in [0.15, 0.2) is 54.6 Å². The molecule has 4 heteroatoms. The van der Waals surface area contributed by atoms with E-state index in [0.717, 1.165) is 38.2 Å². The summed E-state index contributed by atoms with van der Waals surface area (Å²) in [4.78, 5) is 13.0. The minimum absolute atomic E-state index is 0.210.